The summed E-state index contributed by atoms with van der Waals surface area (Å²) in [6, 6.07) is 5.96. The van der Waals surface area contributed by atoms with E-state index in [0.29, 0.717) is 5.25 Å². The molecule has 0 heterocycles. The van der Waals surface area contributed by atoms with Gasteiger partial charge in [-0.3, -0.25) is 0 Å². The van der Waals surface area contributed by atoms with E-state index in [-0.39, 0.29) is 6.61 Å². The summed E-state index contributed by atoms with van der Waals surface area (Å²) in [4.78, 5) is 1.12. The van der Waals surface area contributed by atoms with Crippen LogP contribution < -0.4 is 5.32 Å². The lowest BCUT2D eigenvalue weighted by atomic mass is 10.2. The number of benzene rings is 1. The monoisotopic (exact) mass is 259 g/mol. The fourth-order valence-corrected chi connectivity index (χ4v) is 2.88. The van der Waals surface area contributed by atoms with Crippen molar-refractivity contribution in [1.82, 2.24) is 5.32 Å². The third-order valence-electron chi connectivity index (χ3n) is 2.27. The summed E-state index contributed by atoms with van der Waals surface area (Å²) >= 11 is 7.93. The number of hydrogen-bond donors (Lipinski definition) is 2. The van der Waals surface area contributed by atoms with Crippen molar-refractivity contribution < 1.29 is 5.11 Å². The molecule has 2 N–H and O–H groups in total. The first-order valence-electron chi connectivity index (χ1n) is 5.38. The molecule has 90 valence electrons. The van der Waals surface area contributed by atoms with E-state index in [2.05, 4.69) is 18.3 Å². The van der Waals surface area contributed by atoms with E-state index >= 15 is 0 Å². The van der Waals surface area contributed by atoms with Gasteiger partial charge in [0.2, 0.25) is 0 Å². The summed E-state index contributed by atoms with van der Waals surface area (Å²) in [5.74, 6) is 0. The summed E-state index contributed by atoms with van der Waals surface area (Å²) in [5.41, 5.74) is 1.21. The maximum atomic E-state index is 8.90. The SMILES string of the molecule is CNCc1cccc(Cl)c1SC(C)CCO. The molecule has 1 atom stereocenters. The molecule has 0 aliphatic heterocycles. The average Bonchev–Trinajstić information content (AvgIpc) is 2.24. The van der Waals surface area contributed by atoms with E-state index in [1.807, 2.05) is 19.2 Å². The quantitative estimate of drug-likeness (QED) is 0.771. The number of halogens is 1. The molecule has 1 aromatic carbocycles. The lowest BCUT2D eigenvalue weighted by molar-refractivity contribution is 0.289. The molecule has 0 saturated heterocycles. The molecule has 16 heavy (non-hydrogen) atoms. The van der Waals surface area contributed by atoms with Crippen molar-refractivity contribution in [3.63, 3.8) is 0 Å². The predicted octanol–water partition coefficient (Wildman–Crippen LogP) is 2.92. The lowest BCUT2D eigenvalue weighted by Gasteiger charge is -2.14. The molecule has 0 aromatic heterocycles. The smallest absolute Gasteiger partial charge is 0.0545 e. The van der Waals surface area contributed by atoms with Gasteiger partial charge in [-0.25, -0.2) is 0 Å². The van der Waals surface area contributed by atoms with Gasteiger partial charge in [0.15, 0.2) is 0 Å². The van der Waals surface area contributed by atoms with Crippen LogP contribution >= 0.6 is 23.4 Å². The second-order valence-electron chi connectivity index (χ2n) is 3.70. The number of aliphatic hydroxyl groups is 1. The molecule has 0 aliphatic carbocycles. The number of thioether (sulfide) groups is 1. The van der Waals surface area contributed by atoms with Crippen molar-refractivity contribution in [2.45, 2.75) is 30.0 Å². The molecule has 0 radical (unpaired) electrons. The first-order chi connectivity index (χ1) is 7.69. The third kappa shape index (κ3) is 3.98. The van der Waals surface area contributed by atoms with Crippen LogP contribution in [-0.4, -0.2) is 24.0 Å². The molecule has 0 aliphatic rings. The van der Waals surface area contributed by atoms with Crippen molar-refractivity contribution in [3.8, 4) is 0 Å². The van der Waals surface area contributed by atoms with Crippen LogP contribution in [0.3, 0.4) is 0 Å². The standard InChI is InChI=1S/C12H18ClNOS/c1-9(6-7-15)16-12-10(8-14-2)4-3-5-11(12)13/h3-5,9,14-15H,6-8H2,1-2H3. The predicted molar refractivity (Wildman–Crippen MR) is 71.2 cm³/mol. The van der Waals surface area contributed by atoms with Crippen molar-refractivity contribution in [3.05, 3.63) is 28.8 Å². The van der Waals surface area contributed by atoms with Crippen LogP contribution in [0.25, 0.3) is 0 Å². The molecule has 0 fully saturated rings. The van der Waals surface area contributed by atoms with Gasteiger partial charge in [-0.1, -0.05) is 30.7 Å². The van der Waals surface area contributed by atoms with Crippen LogP contribution in [0.15, 0.2) is 23.1 Å². The number of aliphatic hydroxyl groups excluding tert-OH is 1. The molecule has 4 heteroatoms. The number of nitrogens with one attached hydrogen (secondary N) is 1. The van der Waals surface area contributed by atoms with Crippen LogP contribution in [0.1, 0.15) is 18.9 Å². The molecule has 1 aromatic rings. The highest BCUT2D eigenvalue weighted by Crippen LogP contribution is 2.34. The van der Waals surface area contributed by atoms with Gasteiger partial charge in [-0.15, -0.1) is 11.8 Å². The lowest BCUT2D eigenvalue weighted by Crippen LogP contribution is -2.07. The Morgan fingerprint density at radius 3 is 2.88 bits per heavy atom. The van der Waals surface area contributed by atoms with E-state index < -0.39 is 0 Å². The highest BCUT2D eigenvalue weighted by molar-refractivity contribution is 8.00. The van der Waals surface area contributed by atoms with Gasteiger partial charge in [-0.2, -0.15) is 0 Å². The van der Waals surface area contributed by atoms with Crippen molar-refractivity contribution >= 4 is 23.4 Å². The van der Waals surface area contributed by atoms with Crippen LogP contribution in [0.4, 0.5) is 0 Å². The zero-order valence-corrected chi connectivity index (χ0v) is 11.2. The molecule has 0 spiro atoms. The number of rotatable bonds is 6. The Labute approximate surface area is 106 Å². The minimum absolute atomic E-state index is 0.222. The van der Waals surface area contributed by atoms with E-state index in [9.17, 15) is 0 Å². The Bertz CT molecular complexity index is 333. The second-order valence-corrected chi connectivity index (χ2v) is 5.56. The maximum Gasteiger partial charge on any atom is 0.0545 e. The van der Waals surface area contributed by atoms with Crippen LogP contribution in [0.2, 0.25) is 5.02 Å². The highest BCUT2D eigenvalue weighted by atomic mass is 35.5. The largest absolute Gasteiger partial charge is 0.396 e. The topological polar surface area (TPSA) is 32.3 Å². The number of hydrogen-bond acceptors (Lipinski definition) is 3. The molecule has 0 saturated carbocycles. The minimum Gasteiger partial charge on any atom is -0.396 e. The Kier molecular flexibility index (Phi) is 6.21. The van der Waals surface area contributed by atoms with Crippen LogP contribution in [-0.2, 0) is 6.54 Å². The summed E-state index contributed by atoms with van der Waals surface area (Å²) in [7, 11) is 1.92. The van der Waals surface area contributed by atoms with E-state index in [1.165, 1.54) is 5.56 Å². The Morgan fingerprint density at radius 1 is 1.50 bits per heavy atom. The molecule has 1 rings (SSSR count). The summed E-state index contributed by atoms with van der Waals surface area (Å²) in [6.45, 7) is 3.14. The van der Waals surface area contributed by atoms with Gasteiger partial charge in [-0.05, 0) is 25.1 Å². The Hall–Kier alpha value is -0.220. The first-order valence-corrected chi connectivity index (χ1v) is 6.64. The van der Waals surface area contributed by atoms with Gasteiger partial charge < -0.3 is 10.4 Å². The van der Waals surface area contributed by atoms with Gasteiger partial charge in [0, 0.05) is 23.3 Å². The summed E-state index contributed by atoms with van der Waals surface area (Å²) in [5, 5.41) is 13.2. The summed E-state index contributed by atoms with van der Waals surface area (Å²) < 4.78 is 0. The Morgan fingerprint density at radius 2 is 2.25 bits per heavy atom. The normalized spacial score (nSPS) is 12.8. The van der Waals surface area contributed by atoms with Gasteiger partial charge >= 0.3 is 0 Å². The average molecular weight is 260 g/mol. The Balaban J connectivity index is 2.83. The van der Waals surface area contributed by atoms with Crippen LogP contribution in [0, 0.1) is 0 Å². The van der Waals surface area contributed by atoms with Crippen molar-refractivity contribution in [2.75, 3.05) is 13.7 Å². The van der Waals surface area contributed by atoms with Crippen LogP contribution in [0.5, 0.6) is 0 Å². The first kappa shape index (κ1) is 13.8. The molecular weight excluding hydrogens is 242 g/mol. The second kappa shape index (κ2) is 7.17. The maximum absolute atomic E-state index is 8.90. The molecule has 1 unspecified atom stereocenters. The van der Waals surface area contributed by atoms with Crippen molar-refractivity contribution in [1.29, 1.82) is 0 Å². The zero-order valence-electron chi connectivity index (χ0n) is 9.66. The fourth-order valence-electron chi connectivity index (χ4n) is 1.46. The zero-order chi connectivity index (χ0) is 12.0. The summed E-state index contributed by atoms with van der Waals surface area (Å²) in [6.07, 6.45) is 0.787. The molecule has 2 nitrogen and oxygen atoms in total. The molecule has 0 amide bonds. The fraction of sp³-hybridized carbons (Fsp3) is 0.500. The molecular formula is C12H18ClNOS. The van der Waals surface area contributed by atoms with Crippen molar-refractivity contribution in [2.24, 2.45) is 0 Å². The van der Waals surface area contributed by atoms with Gasteiger partial charge in [0.25, 0.3) is 0 Å². The third-order valence-corrected chi connectivity index (χ3v) is 4.05. The molecule has 0 bridgehead atoms. The highest BCUT2D eigenvalue weighted by Gasteiger charge is 2.11. The van der Waals surface area contributed by atoms with Gasteiger partial charge in [0.1, 0.15) is 0 Å². The van der Waals surface area contributed by atoms with E-state index in [1.54, 1.807) is 11.8 Å². The van der Waals surface area contributed by atoms with E-state index in [0.717, 1.165) is 22.9 Å². The van der Waals surface area contributed by atoms with E-state index in [4.69, 9.17) is 16.7 Å². The minimum atomic E-state index is 0.222. The van der Waals surface area contributed by atoms with Gasteiger partial charge in [0.05, 0.1) is 5.02 Å².